The Balaban J connectivity index is 2.17. The normalized spacial score (nSPS) is 9.68. The van der Waals surface area contributed by atoms with Crippen LogP contribution in [0, 0.1) is 18.3 Å². The van der Waals surface area contributed by atoms with E-state index < -0.39 is 0 Å². The molecule has 2 aromatic rings. The van der Waals surface area contributed by atoms with Gasteiger partial charge in [0.25, 0.3) is 5.91 Å². The summed E-state index contributed by atoms with van der Waals surface area (Å²) >= 11 is 0. The molecule has 1 heterocycles. The van der Waals surface area contributed by atoms with E-state index in [1.807, 2.05) is 6.07 Å². The van der Waals surface area contributed by atoms with Gasteiger partial charge >= 0.3 is 0 Å². The third kappa shape index (κ3) is 2.90. The average Bonchev–Trinajstić information content (AvgIpc) is 2.84. The Morgan fingerprint density at radius 1 is 1.53 bits per heavy atom. The number of aromatic nitrogens is 2. The van der Waals surface area contributed by atoms with Crippen LogP contribution in [0.3, 0.4) is 0 Å². The number of para-hydroxylation sites is 2. The zero-order valence-corrected chi connectivity index (χ0v) is 10.3. The first-order valence-corrected chi connectivity index (χ1v) is 5.62. The number of amides is 1. The average molecular weight is 256 g/mol. The van der Waals surface area contributed by atoms with Gasteiger partial charge in [-0.2, -0.15) is 10.4 Å². The van der Waals surface area contributed by atoms with E-state index in [4.69, 9.17) is 10.00 Å². The second-order valence-electron chi connectivity index (χ2n) is 3.81. The van der Waals surface area contributed by atoms with E-state index >= 15 is 0 Å². The highest BCUT2D eigenvalue weighted by molar-refractivity contribution is 6.05. The number of anilines is 1. The Hall–Kier alpha value is -2.81. The van der Waals surface area contributed by atoms with Crippen molar-refractivity contribution in [1.82, 2.24) is 10.2 Å². The van der Waals surface area contributed by atoms with Gasteiger partial charge in [-0.15, -0.1) is 0 Å². The summed E-state index contributed by atoms with van der Waals surface area (Å²) in [7, 11) is 0. The topological polar surface area (TPSA) is 90.8 Å². The van der Waals surface area contributed by atoms with Crippen LogP contribution in [0.5, 0.6) is 5.75 Å². The number of carbonyl (C=O) groups is 1. The van der Waals surface area contributed by atoms with Crippen LogP contribution in [-0.4, -0.2) is 22.7 Å². The molecule has 2 rings (SSSR count). The molecule has 0 spiro atoms. The first-order chi connectivity index (χ1) is 9.22. The molecular formula is C13H12N4O2. The predicted octanol–water partition coefficient (Wildman–Crippen LogP) is 1.87. The Kier molecular flexibility index (Phi) is 3.78. The number of hydrogen-bond donors (Lipinski definition) is 2. The molecule has 1 amide bonds. The van der Waals surface area contributed by atoms with Crippen LogP contribution in [0.15, 0.2) is 30.5 Å². The Morgan fingerprint density at radius 2 is 2.32 bits per heavy atom. The summed E-state index contributed by atoms with van der Waals surface area (Å²) < 4.78 is 5.24. The summed E-state index contributed by atoms with van der Waals surface area (Å²) in [5.74, 6) is 0.179. The molecule has 1 aromatic heterocycles. The summed E-state index contributed by atoms with van der Waals surface area (Å²) in [4.78, 5) is 12.0. The number of nitrogens with zero attached hydrogens (tertiary/aromatic N) is 2. The number of ether oxygens (including phenoxy) is 1. The standard InChI is InChI=1S/C13H12N4O2/c1-9-10(8-15-17-9)13(18)16-11-4-2-3-5-12(11)19-7-6-14/h2-5,8H,7H2,1H3,(H,15,17)(H,16,18). The molecule has 0 radical (unpaired) electrons. The number of hydrogen-bond acceptors (Lipinski definition) is 4. The molecule has 6 nitrogen and oxygen atoms in total. The highest BCUT2D eigenvalue weighted by Crippen LogP contribution is 2.24. The maximum Gasteiger partial charge on any atom is 0.259 e. The van der Waals surface area contributed by atoms with Crippen molar-refractivity contribution in [3.8, 4) is 11.8 Å². The summed E-state index contributed by atoms with van der Waals surface area (Å²) in [5.41, 5.74) is 1.67. The third-order valence-corrected chi connectivity index (χ3v) is 2.50. The van der Waals surface area contributed by atoms with Crippen LogP contribution in [0.25, 0.3) is 0 Å². The van der Waals surface area contributed by atoms with Gasteiger partial charge in [0.2, 0.25) is 0 Å². The molecule has 1 aromatic carbocycles. The predicted molar refractivity (Wildman–Crippen MR) is 68.8 cm³/mol. The summed E-state index contributed by atoms with van der Waals surface area (Å²) in [6.07, 6.45) is 1.46. The molecule has 0 aliphatic rings. The van der Waals surface area contributed by atoms with E-state index in [1.54, 1.807) is 31.2 Å². The number of aryl methyl sites for hydroxylation is 1. The first-order valence-electron chi connectivity index (χ1n) is 5.62. The Morgan fingerprint density at radius 3 is 3.00 bits per heavy atom. The molecule has 0 unspecified atom stereocenters. The SMILES string of the molecule is Cc1[nH]ncc1C(=O)Nc1ccccc1OCC#N. The number of nitrogens with one attached hydrogen (secondary N) is 2. The molecule has 96 valence electrons. The highest BCUT2D eigenvalue weighted by atomic mass is 16.5. The molecule has 0 fully saturated rings. The van der Waals surface area contributed by atoms with Crippen molar-refractivity contribution in [3.05, 3.63) is 41.7 Å². The largest absolute Gasteiger partial charge is 0.477 e. The van der Waals surface area contributed by atoms with Gasteiger partial charge in [0.05, 0.1) is 17.4 Å². The number of nitriles is 1. The van der Waals surface area contributed by atoms with Crippen molar-refractivity contribution in [2.45, 2.75) is 6.92 Å². The lowest BCUT2D eigenvalue weighted by Gasteiger charge is -2.10. The van der Waals surface area contributed by atoms with Gasteiger partial charge in [-0.25, -0.2) is 0 Å². The van der Waals surface area contributed by atoms with Crippen molar-refractivity contribution in [3.63, 3.8) is 0 Å². The first kappa shape index (κ1) is 12.6. The minimum Gasteiger partial charge on any atom is -0.477 e. The fourth-order valence-electron chi connectivity index (χ4n) is 1.58. The van der Waals surface area contributed by atoms with E-state index in [1.165, 1.54) is 6.20 Å². The second kappa shape index (κ2) is 5.69. The summed E-state index contributed by atoms with van der Waals surface area (Å²) in [6.45, 7) is 1.69. The minimum absolute atomic E-state index is 0.0718. The van der Waals surface area contributed by atoms with E-state index in [0.717, 1.165) is 0 Å². The number of rotatable bonds is 4. The van der Waals surface area contributed by atoms with Gasteiger partial charge in [0, 0.05) is 5.69 Å². The van der Waals surface area contributed by atoms with Crippen molar-refractivity contribution < 1.29 is 9.53 Å². The lowest BCUT2D eigenvalue weighted by molar-refractivity contribution is 0.102. The van der Waals surface area contributed by atoms with E-state index in [0.29, 0.717) is 22.7 Å². The fraction of sp³-hybridized carbons (Fsp3) is 0.154. The van der Waals surface area contributed by atoms with Crippen LogP contribution < -0.4 is 10.1 Å². The zero-order chi connectivity index (χ0) is 13.7. The van der Waals surface area contributed by atoms with Crippen LogP contribution in [0.2, 0.25) is 0 Å². The van der Waals surface area contributed by atoms with E-state index in [9.17, 15) is 4.79 Å². The summed E-state index contributed by atoms with van der Waals surface area (Å²) in [5, 5.41) is 17.7. The van der Waals surface area contributed by atoms with Crippen LogP contribution in [0.4, 0.5) is 5.69 Å². The van der Waals surface area contributed by atoms with Crippen molar-refractivity contribution in [2.24, 2.45) is 0 Å². The smallest absolute Gasteiger partial charge is 0.259 e. The van der Waals surface area contributed by atoms with Gasteiger partial charge in [-0.3, -0.25) is 9.89 Å². The van der Waals surface area contributed by atoms with Crippen LogP contribution >= 0.6 is 0 Å². The maximum absolute atomic E-state index is 12.0. The van der Waals surface area contributed by atoms with Gasteiger partial charge in [0.1, 0.15) is 11.8 Å². The van der Waals surface area contributed by atoms with Crippen molar-refractivity contribution >= 4 is 11.6 Å². The van der Waals surface area contributed by atoms with Crippen molar-refractivity contribution in [1.29, 1.82) is 5.26 Å². The fourth-order valence-corrected chi connectivity index (χ4v) is 1.58. The molecule has 0 aliphatic heterocycles. The third-order valence-electron chi connectivity index (χ3n) is 2.50. The molecule has 6 heteroatoms. The van der Waals surface area contributed by atoms with E-state index in [2.05, 4.69) is 15.5 Å². The molecule has 0 bridgehead atoms. The van der Waals surface area contributed by atoms with Crippen LogP contribution in [-0.2, 0) is 0 Å². The molecule has 0 saturated heterocycles. The minimum atomic E-state index is -0.278. The molecule has 0 saturated carbocycles. The molecule has 0 aliphatic carbocycles. The highest BCUT2D eigenvalue weighted by Gasteiger charge is 2.13. The molecular weight excluding hydrogens is 244 g/mol. The van der Waals surface area contributed by atoms with Gasteiger partial charge < -0.3 is 10.1 Å². The molecule has 2 N–H and O–H groups in total. The zero-order valence-electron chi connectivity index (χ0n) is 10.3. The monoisotopic (exact) mass is 256 g/mol. The van der Waals surface area contributed by atoms with Crippen LogP contribution in [0.1, 0.15) is 16.1 Å². The maximum atomic E-state index is 12.0. The Bertz CT molecular complexity index is 628. The quantitative estimate of drug-likeness (QED) is 0.873. The van der Waals surface area contributed by atoms with Gasteiger partial charge in [-0.1, -0.05) is 12.1 Å². The molecule has 19 heavy (non-hydrogen) atoms. The van der Waals surface area contributed by atoms with Gasteiger partial charge in [0.15, 0.2) is 6.61 Å². The second-order valence-corrected chi connectivity index (χ2v) is 3.81. The lowest BCUT2D eigenvalue weighted by atomic mass is 10.2. The lowest BCUT2D eigenvalue weighted by Crippen LogP contribution is -2.13. The summed E-state index contributed by atoms with van der Waals surface area (Å²) in [6, 6.07) is 8.83. The van der Waals surface area contributed by atoms with E-state index in [-0.39, 0.29) is 12.5 Å². The molecule has 0 atom stereocenters. The van der Waals surface area contributed by atoms with Crippen molar-refractivity contribution in [2.75, 3.05) is 11.9 Å². The van der Waals surface area contributed by atoms with Gasteiger partial charge in [-0.05, 0) is 19.1 Å². The number of H-pyrrole nitrogens is 1. The Labute approximate surface area is 110 Å². The number of carbonyl (C=O) groups excluding carboxylic acids is 1. The number of benzene rings is 1. The number of aromatic amines is 1.